The number of likely N-dealkylation sites (N-methyl/N-ethyl adjacent to an activating group) is 1. The minimum atomic E-state index is -3.37. The number of benzene rings is 4. The molecule has 3 amide bonds. The van der Waals surface area contributed by atoms with Gasteiger partial charge < -0.3 is 15.5 Å². The molecule has 0 spiro atoms. The van der Waals surface area contributed by atoms with Crippen LogP contribution in [0.2, 0.25) is 0 Å². The van der Waals surface area contributed by atoms with Gasteiger partial charge in [0.15, 0.2) is 0 Å². The molecule has 6 nitrogen and oxygen atoms in total. The van der Waals surface area contributed by atoms with Gasteiger partial charge in [0.2, 0.25) is 5.91 Å². The van der Waals surface area contributed by atoms with Gasteiger partial charge in [0.05, 0.1) is 5.69 Å². The Hall–Kier alpha value is -5.11. The van der Waals surface area contributed by atoms with Crippen molar-refractivity contribution in [1.82, 2.24) is 5.32 Å². The Morgan fingerprint density at radius 1 is 0.833 bits per heavy atom. The van der Waals surface area contributed by atoms with Gasteiger partial charge in [-0.05, 0) is 42.8 Å². The van der Waals surface area contributed by atoms with Gasteiger partial charge >= 0.3 is 0 Å². The molecule has 0 aliphatic carbocycles. The average Bonchev–Trinajstić information content (AvgIpc) is 3.11. The summed E-state index contributed by atoms with van der Waals surface area (Å²) in [6.45, 7) is 1.69. The van der Waals surface area contributed by atoms with Crippen molar-refractivity contribution < 1.29 is 23.2 Å². The largest absolute Gasteiger partial charge is 0.353 e. The second-order valence-corrected chi connectivity index (χ2v) is 9.80. The first-order chi connectivity index (χ1) is 20.3. The summed E-state index contributed by atoms with van der Waals surface area (Å²) in [4.78, 5) is 41.5. The van der Waals surface area contributed by atoms with E-state index >= 15 is 8.78 Å². The Morgan fingerprint density at radius 2 is 1.48 bits per heavy atom. The van der Waals surface area contributed by atoms with Crippen LogP contribution in [0.1, 0.15) is 39.6 Å². The average molecular weight is 566 g/mol. The highest BCUT2D eigenvalue weighted by atomic mass is 19.3. The molecule has 8 heteroatoms. The van der Waals surface area contributed by atoms with Crippen LogP contribution in [-0.2, 0) is 4.79 Å². The molecule has 1 aliphatic heterocycles. The van der Waals surface area contributed by atoms with Crippen molar-refractivity contribution in [3.8, 4) is 11.1 Å². The van der Waals surface area contributed by atoms with Gasteiger partial charge in [0.25, 0.3) is 17.7 Å². The third-order valence-electron chi connectivity index (χ3n) is 7.03. The maximum atomic E-state index is 15.5. The van der Waals surface area contributed by atoms with Crippen LogP contribution >= 0.6 is 0 Å². The van der Waals surface area contributed by atoms with Gasteiger partial charge in [-0.15, -0.1) is 0 Å². The monoisotopic (exact) mass is 565 g/mol. The van der Waals surface area contributed by atoms with E-state index in [0.29, 0.717) is 16.8 Å². The lowest BCUT2D eigenvalue weighted by atomic mass is 9.92. The second kappa shape index (κ2) is 12.2. The van der Waals surface area contributed by atoms with E-state index in [1.165, 1.54) is 11.0 Å². The molecule has 0 saturated heterocycles. The summed E-state index contributed by atoms with van der Waals surface area (Å²) in [5.41, 5.74) is 1.98. The van der Waals surface area contributed by atoms with E-state index in [0.717, 1.165) is 6.08 Å². The van der Waals surface area contributed by atoms with E-state index in [1.807, 2.05) is 12.1 Å². The van der Waals surface area contributed by atoms with Gasteiger partial charge in [0, 0.05) is 59.1 Å². The summed E-state index contributed by atoms with van der Waals surface area (Å²) in [5.74, 6) is -4.95. The molecule has 2 N–H and O–H groups in total. The number of nitrogens with zero attached hydrogens (tertiary/aromatic N) is 1. The Bertz CT molecular complexity index is 1650. The van der Waals surface area contributed by atoms with Crippen LogP contribution in [0.4, 0.5) is 20.2 Å². The van der Waals surface area contributed by atoms with Crippen molar-refractivity contribution in [2.24, 2.45) is 0 Å². The molecule has 212 valence electrons. The summed E-state index contributed by atoms with van der Waals surface area (Å²) in [6, 6.07) is 29.2. The molecule has 1 aliphatic rings. The van der Waals surface area contributed by atoms with Gasteiger partial charge in [-0.2, -0.15) is 0 Å². The van der Waals surface area contributed by atoms with Crippen molar-refractivity contribution in [2.75, 3.05) is 23.3 Å². The van der Waals surface area contributed by atoms with Crippen LogP contribution in [0.15, 0.2) is 109 Å². The van der Waals surface area contributed by atoms with Gasteiger partial charge in [-0.25, -0.2) is 8.78 Å². The van der Waals surface area contributed by atoms with Gasteiger partial charge in [-0.1, -0.05) is 72.8 Å². The summed E-state index contributed by atoms with van der Waals surface area (Å²) >= 11 is 0. The molecule has 0 bridgehead atoms. The number of allylic oxidation sites excluding steroid dienone is 1. The summed E-state index contributed by atoms with van der Waals surface area (Å²) in [6.07, 6.45) is 0.230. The van der Waals surface area contributed by atoms with Crippen LogP contribution in [0, 0.1) is 0 Å². The van der Waals surface area contributed by atoms with E-state index < -0.39 is 35.6 Å². The molecule has 0 fully saturated rings. The number of halogens is 2. The van der Waals surface area contributed by atoms with Gasteiger partial charge in [-0.3, -0.25) is 14.4 Å². The maximum Gasteiger partial charge on any atom is 0.275 e. The molecule has 0 radical (unpaired) electrons. The Kier molecular flexibility index (Phi) is 8.24. The van der Waals surface area contributed by atoms with Crippen molar-refractivity contribution in [1.29, 1.82) is 0 Å². The summed E-state index contributed by atoms with van der Waals surface area (Å²) in [7, 11) is 0. The number of carbonyl (C=O) groups excluding carboxylic acids is 3. The number of para-hydroxylation sites is 2. The molecule has 42 heavy (non-hydrogen) atoms. The summed E-state index contributed by atoms with van der Waals surface area (Å²) < 4.78 is 31.1. The highest BCUT2D eigenvalue weighted by molar-refractivity contribution is 6.17. The number of fused-ring (bicyclic) bond motifs is 1. The molecule has 0 atom stereocenters. The third-order valence-corrected chi connectivity index (χ3v) is 7.03. The van der Waals surface area contributed by atoms with E-state index in [2.05, 4.69) is 10.6 Å². The smallest absolute Gasteiger partial charge is 0.275 e. The second-order valence-electron chi connectivity index (χ2n) is 9.80. The first-order valence-electron chi connectivity index (χ1n) is 13.6. The van der Waals surface area contributed by atoms with Crippen molar-refractivity contribution in [3.63, 3.8) is 0 Å². The summed E-state index contributed by atoms with van der Waals surface area (Å²) in [5, 5.41) is 5.41. The Labute approximate surface area is 242 Å². The topological polar surface area (TPSA) is 78.5 Å². The molecule has 1 heterocycles. The fraction of sp³-hybridized carbons (Fsp3) is 0.147. The number of anilines is 2. The normalized spacial score (nSPS) is 14.9. The first kappa shape index (κ1) is 28.4. The van der Waals surface area contributed by atoms with E-state index in [-0.39, 0.29) is 35.5 Å². The van der Waals surface area contributed by atoms with Crippen LogP contribution in [0.5, 0.6) is 0 Å². The maximum absolute atomic E-state index is 15.5. The predicted octanol–water partition coefficient (Wildman–Crippen LogP) is 6.81. The number of nitrogens with one attached hydrogen (secondary N) is 2. The number of hydrogen-bond donors (Lipinski definition) is 2. The molecular weight excluding hydrogens is 536 g/mol. The van der Waals surface area contributed by atoms with Crippen molar-refractivity contribution in [2.45, 2.75) is 19.3 Å². The van der Waals surface area contributed by atoms with Crippen molar-refractivity contribution in [3.05, 3.63) is 126 Å². The lowest BCUT2D eigenvalue weighted by molar-refractivity contribution is -0.116. The number of carbonyl (C=O) groups is 3. The highest BCUT2D eigenvalue weighted by Gasteiger charge is 2.41. The zero-order chi connectivity index (χ0) is 29.7. The van der Waals surface area contributed by atoms with E-state index in [1.54, 1.807) is 91.9 Å². The van der Waals surface area contributed by atoms with Crippen LogP contribution in [-0.4, -0.2) is 36.7 Å². The number of rotatable bonds is 6. The number of amides is 3. The van der Waals surface area contributed by atoms with Crippen LogP contribution in [0.3, 0.4) is 0 Å². The van der Waals surface area contributed by atoms with Crippen LogP contribution in [0.25, 0.3) is 16.7 Å². The highest BCUT2D eigenvalue weighted by Crippen LogP contribution is 2.43. The molecule has 4 aromatic rings. The van der Waals surface area contributed by atoms with Gasteiger partial charge in [0.1, 0.15) is 0 Å². The minimum Gasteiger partial charge on any atom is -0.353 e. The number of alkyl halides is 2. The quantitative estimate of drug-likeness (QED) is 0.252. The zero-order valence-electron chi connectivity index (χ0n) is 22.9. The van der Waals surface area contributed by atoms with E-state index in [9.17, 15) is 14.4 Å². The lowest BCUT2D eigenvalue weighted by Crippen LogP contribution is -2.34. The van der Waals surface area contributed by atoms with Crippen molar-refractivity contribution >= 4 is 34.7 Å². The Balaban J connectivity index is 1.63. The first-order valence-corrected chi connectivity index (χ1v) is 13.6. The Morgan fingerprint density at radius 3 is 2.19 bits per heavy atom. The molecule has 0 saturated carbocycles. The zero-order valence-corrected chi connectivity index (χ0v) is 22.9. The van der Waals surface area contributed by atoms with E-state index in [4.69, 9.17) is 0 Å². The minimum absolute atomic E-state index is 0.0961. The molecule has 0 unspecified atom stereocenters. The standard InChI is InChI=1S/C34H29F2N3O3/c1-2-37-30(40)22-28-25-16-9-10-19-29(25)39(21-20-34(28,35)36)33(42)27-18-11-17-26(31(27)23-12-5-3-6-13-23)32(41)38-24-14-7-4-8-15-24/h3-19,22H,2,20-21H2,1H3,(H,37,40)(H,38,41). The van der Waals surface area contributed by atoms with Crippen LogP contribution < -0.4 is 15.5 Å². The molecular formula is C34H29F2N3O3. The SMILES string of the molecule is CCNC(=O)C=C1c2ccccc2N(C(=O)c2cccc(C(=O)Nc3ccccc3)c2-c2ccccc2)CCC1(F)F. The lowest BCUT2D eigenvalue weighted by Gasteiger charge is -2.25. The fourth-order valence-corrected chi connectivity index (χ4v) is 5.09. The third kappa shape index (κ3) is 5.83. The molecule has 0 aromatic heterocycles. The molecule has 4 aromatic carbocycles. The predicted molar refractivity (Wildman–Crippen MR) is 161 cm³/mol. The fourth-order valence-electron chi connectivity index (χ4n) is 5.09. The molecule has 5 rings (SSSR count). The number of hydrogen-bond acceptors (Lipinski definition) is 3.